The van der Waals surface area contributed by atoms with E-state index in [0.717, 1.165) is 29.4 Å². The van der Waals surface area contributed by atoms with E-state index in [2.05, 4.69) is 4.98 Å². The van der Waals surface area contributed by atoms with Crippen molar-refractivity contribution >= 4 is 22.8 Å². The number of hydrogen-bond donors (Lipinski definition) is 1. The van der Waals surface area contributed by atoms with Crippen LogP contribution >= 0.6 is 0 Å². The van der Waals surface area contributed by atoms with Crippen LogP contribution in [-0.4, -0.2) is 50.8 Å². The SMILES string of the molecule is C[C@H](c1ccccc1)N1C[C@@H](C(=O)N2CCC(n3c(=O)[nH]c4ccccc43)CC2)CC1=O. The van der Waals surface area contributed by atoms with E-state index in [-0.39, 0.29) is 41.9 Å². The highest BCUT2D eigenvalue weighted by atomic mass is 16.2. The number of benzene rings is 2. The van der Waals surface area contributed by atoms with E-state index >= 15 is 0 Å². The number of carbonyl (C=O) groups is 2. The molecule has 5 rings (SSSR count). The van der Waals surface area contributed by atoms with Gasteiger partial charge in [-0.05, 0) is 37.5 Å². The lowest BCUT2D eigenvalue weighted by Crippen LogP contribution is -2.43. The first-order valence-electron chi connectivity index (χ1n) is 11.4. The van der Waals surface area contributed by atoms with Gasteiger partial charge in [-0.2, -0.15) is 0 Å². The van der Waals surface area contributed by atoms with Gasteiger partial charge in [-0.1, -0.05) is 42.5 Å². The maximum atomic E-state index is 13.2. The topological polar surface area (TPSA) is 78.4 Å². The molecule has 3 aromatic rings. The van der Waals surface area contributed by atoms with E-state index in [9.17, 15) is 14.4 Å². The zero-order valence-electron chi connectivity index (χ0n) is 18.2. The Kier molecular flexibility index (Phi) is 5.33. The number of nitrogens with one attached hydrogen (secondary N) is 1. The van der Waals surface area contributed by atoms with Crippen LogP contribution in [0.25, 0.3) is 11.0 Å². The van der Waals surface area contributed by atoms with Crippen molar-refractivity contribution in [3.05, 3.63) is 70.6 Å². The maximum absolute atomic E-state index is 13.2. The van der Waals surface area contributed by atoms with Gasteiger partial charge < -0.3 is 14.8 Å². The number of fused-ring (bicyclic) bond motifs is 1. The Hall–Kier alpha value is -3.35. The summed E-state index contributed by atoms with van der Waals surface area (Å²) in [7, 11) is 0. The monoisotopic (exact) mass is 432 g/mol. The molecule has 7 heteroatoms. The van der Waals surface area contributed by atoms with Crippen molar-refractivity contribution in [2.24, 2.45) is 5.92 Å². The second-order valence-corrected chi connectivity index (χ2v) is 8.91. The largest absolute Gasteiger partial charge is 0.342 e. The van der Waals surface area contributed by atoms with Crippen LogP contribution in [0.15, 0.2) is 59.4 Å². The van der Waals surface area contributed by atoms with E-state index < -0.39 is 0 Å². The molecule has 3 heterocycles. The molecule has 2 amide bonds. The lowest BCUT2D eigenvalue weighted by molar-refractivity contribution is -0.137. The van der Waals surface area contributed by atoms with Gasteiger partial charge in [0, 0.05) is 32.1 Å². The number of likely N-dealkylation sites (tertiary alicyclic amines) is 2. The van der Waals surface area contributed by atoms with E-state index in [4.69, 9.17) is 0 Å². The molecule has 7 nitrogen and oxygen atoms in total. The highest BCUT2D eigenvalue weighted by molar-refractivity contribution is 5.89. The molecule has 2 atom stereocenters. The van der Waals surface area contributed by atoms with Crippen molar-refractivity contribution in [1.29, 1.82) is 0 Å². The third-order valence-corrected chi connectivity index (χ3v) is 7.02. The van der Waals surface area contributed by atoms with Gasteiger partial charge in [-0.3, -0.25) is 14.2 Å². The molecule has 2 aliphatic heterocycles. The lowest BCUT2D eigenvalue weighted by atomic mass is 10.0. The number of rotatable bonds is 4. The number of piperidine rings is 1. The normalized spacial score (nSPS) is 20.8. The molecule has 1 aromatic heterocycles. The predicted molar refractivity (Wildman–Crippen MR) is 122 cm³/mol. The molecule has 0 aliphatic carbocycles. The number of nitrogens with zero attached hydrogens (tertiary/aromatic N) is 3. The van der Waals surface area contributed by atoms with Crippen LogP contribution in [0.3, 0.4) is 0 Å². The summed E-state index contributed by atoms with van der Waals surface area (Å²) in [6.45, 7) is 3.70. The van der Waals surface area contributed by atoms with Crippen LogP contribution in [0.2, 0.25) is 0 Å². The number of amides is 2. The average Bonchev–Trinajstić information content (AvgIpc) is 3.38. The highest BCUT2D eigenvalue weighted by Gasteiger charge is 2.39. The van der Waals surface area contributed by atoms with Crippen LogP contribution in [0, 0.1) is 5.92 Å². The quantitative estimate of drug-likeness (QED) is 0.688. The summed E-state index contributed by atoms with van der Waals surface area (Å²) >= 11 is 0. The summed E-state index contributed by atoms with van der Waals surface area (Å²) in [4.78, 5) is 45.0. The van der Waals surface area contributed by atoms with Crippen molar-refractivity contribution in [3.63, 3.8) is 0 Å². The summed E-state index contributed by atoms with van der Waals surface area (Å²) in [6.07, 6.45) is 1.74. The molecule has 0 unspecified atom stereocenters. The molecule has 2 fully saturated rings. The zero-order valence-corrected chi connectivity index (χ0v) is 18.2. The number of hydrogen-bond acceptors (Lipinski definition) is 3. The number of carbonyl (C=O) groups excluding carboxylic acids is 2. The minimum atomic E-state index is -0.291. The Morgan fingerprint density at radius 2 is 1.69 bits per heavy atom. The third kappa shape index (κ3) is 3.61. The van der Waals surface area contributed by atoms with Gasteiger partial charge in [-0.25, -0.2) is 4.79 Å². The number of H-pyrrole nitrogens is 1. The second kappa shape index (κ2) is 8.30. The van der Waals surface area contributed by atoms with Crippen molar-refractivity contribution in [2.45, 2.75) is 38.3 Å². The minimum absolute atomic E-state index is 0.0408. The molecular formula is C25H28N4O3. The Morgan fingerprint density at radius 3 is 2.44 bits per heavy atom. The fourth-order valence-corrected chi connectivity index (χ4v) is 5.22. The van der Waals surface area contributed by atoms with Crippen molar-refractivity contribution in [1.82, 2.24) is 19.4 Å². The molecule has 2 aromatic carbocycles. The third-order valence-electron chi connectivity index (χ3n) is 7.02. The standard InChI is InChI=1S/C25H28N4O3/c1-17(18-7-3-2-4-8-18)28-16-19(15-23(28)30)24(31)27-13-11-20(12-14-27)29-22-10-6-5-9-21(22)26-25(29)32/h2-10,17,19-20H,11-16H2,1H3,(H,26,32)/t17-,19+/m1/s1. The molecule has 0 bridgehead atoms. The summed E-state index contributed by atoms with van der Waals surface area (Å²) in [5, 5.41) is 0. The molecule has 2 saturated heterocycles. The Morgan fingerprint density at radius 1 is 1.00 bits per heavy atom. The summed E-state index contributed by atoms with van der Waals surface area (Å²) in [5.41, 5.74) is 2.74. The first-order valence-corrected chi connectivity index (χ1v) is 11.4. The van der Waals surface area contributed by atoms with Crippen LogP contribution in [-0.2, 0) is 9.59 Å². The van der Waals surface area contributed by atoms with E-state index in [1.807, 2.05) is 75.9 Å². The predicted octanol–water partition coefficient (Wildman–Crippen LogP) is 3.10. The molecule has 0 spiro atoms. The van der Waals surface area contributed by atoms with Gasteiger partial charge in [0.2, 0.25) is 11.8 Å². The lowest BCUT2D eigenvalue weighted by Gasteiger charge is -2.34. The van der Waals surface area contributed by atoms with E-state index in [1.54, 1.807) is 0 Å². The highest BCUT2D eigenvalue weighted by Crippen LogP contribution is 2.31. The van der Waals surface area contributed by atoms with Crippen molar-refractivity contribution in [3.8, 4) is 0 Å². The van der Waals surface area contributed by atoms with Gasteiger partial charge in [-0.15, -0.1) is 0 Å². The minimum Gasteiger partial charge on any atom is -0.342 e. The number of imidazole rings is 1. The number of aromatic nitrogens is 2. The molecule has 0 radical (unpaired) electrons. The first-order chi connectivity index (χ1) is 15.5. The molecule has 0 saturated carbocycles. The molecule has 2 aliphatic rings. The smallest absolute Gasteiger partial charge is 0.326 e. The van der Waals surface area contributed by atoms with Gasteiger partial charge in [0.1, 0.15) is 0 Å². The summed E-state index contributed by atoms with van der Waals surface area (Å²) in [6, 6.07) is 17.7. The summed E-state index contributed by atoms with van der Waals surface area (Å²) < 4.78 is 1.83. The van der Waals surface area contributed by atoms with Crippen LogP contribution in [0.1, 0.15) is 43.8 Å². The van der Waals surface area contributed by atoms with Crippen LogP contribution in [0.5, 0.6) is 0 Å². The summed E-state index contributed by atoms with van der Waals surface area (Å²) in [5.74, 6) is -0.188. The second-order valence-electron chi connectivity index (χ2n) is 8.91. The van der Waals surface area contributed by atoms with Crippen molar-refractivity contribution < 1.29 is 9.59 Å². The number of aromatic amines is 1. The fourth-order valence-electron chi connectivity index (χ4n) is 5.22. The molecule has 1 N–H and O–H groups in total. The van der Waals surface area contributed by atoms with Gasteiger partial charge in [0.25, 0.3) is 0 Å². The zero-order chi connectivity index (χ0) is 22.2. The molecular weight excluding hydrogens is 404 g/mol. The Bertz CT molecular complexity index is 1190. The first kappa shape index (κ1) is 20.5. The Balaban J connectivity index is 1.23. The number of para-hydroxylation sites is 2. The van der Waals surface area contributed by atoms with Crippen LogP contribution < -0.4 is 5.69 Å². The Labute approximate surface area is 186 Å². The van der Waals surface area contributed by atoms with E-state index in [1.165, 1.54) is 0 Å². The van der Waals surface area contributed by atoms with Crippen molar-refractivity contribution in [2.75, 3.05) is 19.6 Å². The van der Waals surface area contributed by atoms with Gasteiger partial charge in [0.05, 0.1) is 23.0 Å². The van der Waals surface area contributed by atoms with Gasteiger partial charge in [0.15, 0.2) is 0 Å². The van der Waals surface area contributed by atoms with E-state index in [0.29, 0.717) is 19.6 Å². The molecule has 32 heavy (non-hydrogen) atoms. The molecule has 166 valence electrons. The fraction of sp³-hybridized carbons (Fsp3) is 0.400. The maximum Gasteiger partial charge on any atom is 0.326 e. The van der Waals surface area contributed by atoms with Gasteiger partial charge >= 0.3 is 5.69 Å². The average molecular weight is 433 g/mol. The van der Waals surface area contributed by atoms with Crippen LogP contribution in [0.4, 0.5) is 0 Å².